The largest absolute Gasteiger partial charge is 0.463 e. The molecule has 0 fully saturated rings. The van der Waals surface area contributed by atoms with Crippen LogP contribution in [0.5, 0.6) is 0 Å². The molecular formula is C25H24BrN3O3S. The fourth-order valence-corrected chi connectivity index (χ4v) is 5.67. The minimum absolute atomic E-state index is 0.185. The Labute approximate surface area is 204 Å². The molecule has 4 rings (SSSR count). The van der Waals surface area contributed by atoms with Gasteiger partial charge in [0, 0.05) is 18.6 Å². The van der Waals surface area contributed by atoms with Gasteiger partial charge in [-0.3, -0.25) is 9.36 Å². The number of esters is 1. The molecule has 0 radical (unpaired) electrons. The number of benzene rings is 2. The number of hydrogen-bond donors (Lipinski definition) is 0. The van der Waals surface area contributed by atoms with E-state index in [1.165, 1.54) is 11.3 Å². The molecule has 0 saturated heterocycles. The third-order valence-corrected chi connectivity index (χ3v) is 7.00. The molecule has 0 bridgehead atoms. The van der Waals surface area contributed by atoms with Crippen molar-refractivity contribution in [1.29, 1.82) is 0 Å². The fourth-order valence-electron chi connectivity index (χ4n) is 3.87. The first-order valence-electron chi connectivity index (χ1n) is 10.5. The minimum Gasteiger partial charge on any atom is -0.463 e. The lowest BCUT2D eigenvalue weighted by molar-refractivity contribution is -0.139. The Balaban J connectivity index is 1.91. The van der Waals surface area contributed by atoms with Crippen molar-refractivity contribution in [2.24, 2.45) is 4.99 Å². The van der Waals surface area contributed by atoms with Crippen molar-refractivity contribution in [2.45, 2.75) is 19.9 Å². The second-order valence-corrected chi connectivity index (χ2v) is 9.68. The Morgan fingerprint density at radius 1 is 1.24 bits per heavy atom. The van der Waals surface area contributed by atoms with E-state index in [1.54, 1.807) is 18.4 Å². The van der Waals surface area contributed by atoms with E-state index >= 15 is 0 Å². The first-order chi connectivity index (χ1) is 15.8. The van der Waals surface area contributed by atoms with Gasteiger partial charge in [0.1, 0.15) is 0 Å². The summed E-state index contributed by atoms with van der Waals surface area (Å²) in [5.74, 6) is -0.454. The molecule has 6 nitrogen and oxygen atoms in total. The molecule has 170 valence electrons. The Morgan fingerprint density at radius 2 is 1.97 bits per heavy atom. The molecule has 0 saturated carbocycles. The topological polar surface area (TPSA) is 63.9 Å². The van der Waals surface area contributed by atoms with Gasteiger partial charge >= 0.3 is 5.97 Å². The maximum Gasteiger partial charge on any atom is 0.338 e. The summed E-state index contributed by atoms with van der Waals surface area (Å²) in [5.41, 5.74) is 3.55. The number of carbonyl (C=O) groups excluding carboxylic acids is 1. The molecule has 8 heteroatoms. The van der Waals surface area contributed by atoms with Crippen LogP contribution in [0.4, 0.5) is 5.69 Å². The number of fused-ring (bicyclic) bond motifs is 1. The molecule has 2 heterocycles. The highest BCUT2D eigenvalue weighted by atomic mass is 79.9. The van der Waals surface area contributed by atoms with Crippen molar-refractivity contribution in [1.82, 2.24) is 4.57 Å². The second-order valence-electron chi connectivity index (χ2n) is 7.82. The average Bonchev–Trinajstić information content (AvgIpc) is 3.07. The van der Waals surface area contributed by atoms with Gasteiger partial charge in [0.15, 0.2) is 4.80 Å². The van der Waals surface area contributed by atoms with E-state index in [9.17, 15) is 9.59 Å². The highest BCUT2D eigenvalue weighted by Crippen LogP contribution is 2.30. The van der Waals surface area contributed by atoms with Gasteiger partial charge in [0.25, 0.3) is 5.56 Å². The van der Waals surface area contributed by atoms with Crippen LogP contribution in [-0.2, 0) is 9.53 Å². The number of rotatable bonds is 5. The first kappa shape index (κ1) is 23.2. The smallest absolute Gasteiger partial charge is 0.338 e. The quantitative estimate of drug-likeness (QED) is 0.477. The highest BCUT2D eigenvalue weighted by molar-refractivity contribution is 9.10. The van der Waals surface area contributed by atoms with Crippen molar-refractivity contribution in [2.75, 3.05) is 25.6 Å². The third kappa shape index (κ3) is 4.45. The van der Waals surface area contributed by atoms with E-state index in [-0.39, 0.29) is 12.2 Å². The molecule has 0 aliphatic carbocycles. The SMILES string of the molecule is CCOC(=O)C1=C(C)N=c2s/c(=C\c3ccc(N(C)C)c(Br)c3)c(=O)n2[C@@H]1c1ccccc1. The lowest BCUT2D eigenvalue weighted by Crippen LogP contribution is -2.39. The standard InChI is InChI=1S/C25H24BrN3O3S/c1-5-32-24(31)21-15(2)27-25-29(22(21)17-9-7-6-8-10-17)23(30)20(33-25)14-16-11-12-19(28(3)4)18(26)13-16/h6-14,22H,5H2,1-4H3/b20-14-/t22-/m1/s1. The van der Waals surface area contributed by atoms with Gasteiger partial charge in [-0.1, -0.05) is 47.7 Å². The van der Waals surface area contributed by atoms with Crippen molar-refractivity contribution < 1.29 is 9.53 Å². The summed E-state index contributed by atoms with van der Waals surface area (Å²) < 4.78 is 8.42. The molecule has 0 N–H and O–H groups in total. The van der Waals surface area contributed by atoms with Gasteiger partial charge in [0.2, 0.25) is 0 Å². The van der Waals surface area contributed by atoms with Gasteiger partial charge in [-0.25, -0.2) is 9.79 Å². The van der Waals surface area contributed by atoms with Gasteiger partial charge in [-0.2, -0.15) is 0 Å². The van der Waals surface area contributed by atoms with Crippen molar-refractivity contribution in [3.8, 4) is 0 Å². The number of ether oxygens (including phenoxy) is 1. The Bertz CT molecular complexity index is 1420. The number of halogens is 1. The summed E-state index contributed by atoms with van der Waals surface area (Å²) in [6.45, 7) is 3.80. The van der Waals surface area contributed by atoms with Gasteiger partial charge in [0.05, 0.1) is 34.1 Å². The van der Waals surface area contributed by atoms with Crippen LogP contribution in [0, 0.1) is 0 Å². The summed E-state index contributed by atoms with van der Waals surface area (Å²) in [4.78, 5) is 33.6. The molecule has 1 atom stereocenters. The molecule has 0 amide bonds. The highest BCUT2D eigenvalue weighted by Gasteiger charge is 2.33. The number of hydrogen-bond acceptors (Lipinski definition) is 6. The Morgan fingerprint density at radius 3 is 2.61 bits per heavy atom. The third-order valence-electron chi connectivity index (χ3n) is 5.38. The molecule has 1 aliphatic rings. The zero-order valence-electron chi connectivity index (χ0n) is 18.8. The van der Waals surface area contributed by atoms with Crippen molar-refractivity contribution >= 4 is 45.0 Å². The second kappa shape index (κ2) is 9.49. The maximum atomic E-state index is 13.6. The van der Waals surface area contributed by atoms with Crippen LogP contribution in [0.2, 0.25) is 0 Å². The molecule has 1 aromatic heterocycles. The number of nitrogens with zero attached hydrogens (tertiary/aromatic N) is 3. The van der Waals surface area contributed by atoms with Crippen LogP contribution in [0.3, 0.4) is 0 Å². The normalized spacial score (nSPS) is 15.8. The lowest BCUT2D eigenvalue weighted by atomic mass is 9.96. The molecule has 33 heavy (non-hydrogen) atoms. The number of carbonyl (C=O) groups is 1. The van der Waals surface area contributed by atoms with Gasteiger partial charge in [-0.15, -0.1) is 0 Å². The predicted molar refractivity (Wildman–Crippen MR) is 135 cm³/mol. The van der Waals surface area contributed by atoms with Gasteiger partial charge in [-0.05, 0) is 59.1 Å². The molecule has 3 aromatic rings. The summed E-state index contributed by atoms with van der Waals surface area (Å²) >= 11 is 4.92. The molecule has 1 aliphatic heterocycles. The zero-order chi connectivity index (χ0) is 23.7. The summed E-state index contributed by atoms with van der Waals surface area (Å²) in [6.07, 6.45) is 1.86. The molecule has 2 aromatic carbocycles. The average molecular weight is 526 g/mol. The number of anilines is 1. The van der Waals surface area contributed by atoms with E-state index in [1.807, 2.05) is 73.6 Å². The van der Waals surface area contributed by atoms with Crippen LogP contribution in [0.15, 0.2) is 74.1 Å². The number of thiazole rings is 1. The van der Waals surface area contributed by atoms with E-state index < -0.39 is 12.0 Å². The molecule has 0 unspecified atom stereocenters. The Kier molecular flexibility index (Phi) is 6.67. The van der Waals surface area contributed by atoms with Gasteiger partial charge < -0.3 is 9.64 Å². The first-order valence-corrected chi connectivity index (χ1v) is 12.1. The van der Waals surface area contributed by atoms with E-state index in [0.29, 0.717) is 20.6 Å². The van der Waals surface area contributed by atoms with Crippen molar-refractivity contribution in [3.05, 3.63) is 95.1 Å². The monoisotopic (exact) mass is 525 g/mol. The van der Waals surface area contributed by atoms with Crippen molar-refractivity contribution in [3.63, 3.8) is 0 Å². The maximum absolute atomic E-state index is 13.6. The van der Waals surface area contributed by atoms with Crippen LogP contribution in [0.1, 0.15) is 31.0 Å². The van der Waals surface area contributed by atoms with E-state index in [4.69, 9.17) is 4.74 Å². The fraction of sp³-hybridized carbons (Fsp3) is 0.240. The molecular weight excluding hydrogens is 502 g/mol. The summed E-state index contributed by atoms with van der Waals surface area (Å²) in [7, 11) is 3.95. The zero-order valence-corrected chi connectivity index (χ0v) is 21.2. The Hall–Kier alpha value is -2.97. The predicted octanol–water partition coefficient (Wildman–Crippen LogP) is 3.63. The summed E-state index contributed by atoms with van der Waals surface area (Å²) in [6, 6.07) is 14.9. The van der Waals surface area contributed by atoms with E-state index in [2.05, 4.69) is 20.9 Å². The van der Waals surface area contributed by atoms with Crippen LogP contribution >= 0.6 is 27.3 Å². The van der Waals surface area contributed by atoms with Crippen LogP contribution in [0.25, 0.3) is 6.08 Å². The number of aromatic nitrogens is 1. The molecule has 0 spiro atoms. The lowest BCUT2D eigenvalue weighted by Gasteiger charge is -2.24. The van der Waals surface area contributed by atoms with Crippen LogP contribution in [-0.4, -0.2) is 31.2 Å². The minimum atomic E-state index is -0.591. The van der Waals surface area contributed by atoms with E-state index in [0.717, 1.165) is 21.3 Å². The summed E-state index contributed by atoms with van der Waals surface area (Å²) in [5, 5.41) is 0. The number of allylic oxidation sites excluding steroid dienone is 1. The van der Waals surface area contributed by atoms with Crippen LogP contribution < -0.4 is 19.8 Å².